The largest absolute Gasteiger partial charge is 0.456 e. The molecule has 1 heterocycles. The van der Waals surface area contributed by atoms with E-state index in [4.69, 9.17) is 4.74 Å². The molecule has 0 aromatic heterocycles. The Kier molecular flexibility index (Phi) is 7.01. The maximum atomic E-state index is 12.5. The van der Waals surface area contributed by atoms with Crippen LogP contribution in [0.25, 0.3) is 0 Å². The van der Waals surface area contributed by atoms with Crippen LogP contribution < -0.4 is 9.03 Å². The van der Waals surface area contributed by atoms with Crippen molar-refractivity contribution in [3.63, 3.8) is 0 Å². The normalized spacial score (nSPS) is 14.6. The minimum atomic E-state index is -3.91. The number of hydrogen-bond donors (Lipinski definition) is 1. The molecule has 1 N–H and O–H groups in total. The predicted molar refractivity (Wildman–Crippen MR) is 118 cm³/mol. The highest BCUT2D eigenvalue weighted by Crippen LogP contribution is 2.31. The zero-order valence-electron chi connectivity index (χ0n) is 17.6. The lowest BCUT2D eigenvalue weighted by Crippen LogP contribution is -2.40. The topological polar surface area (TPSA) is 127 Å². The molecule has 3 rings (SSSR count). The Morgan fingerprint density at radius 3 is 2.44 bits per heavy atom. The fraction of sp³-hybridized carbons (Fsp3) is 0.333. The lowest BCUT2D eigenvalue weighted by atomic mass is 10.1. The standard InChI is InChI=1S/C21H24N2O7S2/c1-3-31(26,27)23-12-11-16-13-17(9-10-19(16)23)20(24)14-30-21(25)15(2)22-32(28,29)18-7-5-4-6-8-18/h4-10,13,15,22H,3,11-12,14H2,1-2H3. The van der Waals surface area contributed by atoms with Crippen molar-refractivity contribution >= 4 is 37.5 Å². The number of sulfonamides is 2. The highest BCUT2D eigenvalue weighted by molar-refractivity contribution is 7.92. The first-order chi connectivity index (χ1) is 15.0. The van der Waals surface area contributed by atoms with Gasteiger partial charge in [-0.3, -0.25) is 13.9 Å². The Morgan fingerprint density at radius 1 is 1.09 bits per heavy atom. The van der Waals surface area contributed by atoms with E-state index in [0.29, 0.717) is 18.7 Å². The Morgan fingerprint density at radius 2 is 1.78 bits per heavy atom. The molecule has 1 unspecified atom stereocenters. The van der Waals surface area contributed by atoms with E-state index in [2.05, 4.69) is 4.72 Å². The molecule has 1 aliphatic heterocycles. The minimum Gasteiger partial charge on any atom is -0.456 e. The molecule has 0 spiro atoms. The number of benzene rings is 2. The van der Waals surface area contributed by atoms with Gasteiger partial charge in [0.15, 0.2) is 12.4 Å². The second-order valence-electron chi connectivity index (χ2n) is 7.25. The van der Waals surface area contributed by atoms with E-state index < -0.39 is 44.4 Å². The van der Waals surface area contributed by atoms with Crippen LogP contribution in [-0.2, 0) is 36.0 Å². The first kappa shape index (κ1) is 23.9. The number of anilines is 1. The number of carbonyl (C=O) groups excluding carboxylic acids is 2. The number of esters is 1. The van der Waals surface area contributed by atoms with Gasteiger partial charge in [0, 0.05) is 12.1 Å². The van der Waals surface area contributed by atoms with E-state index >= 15 is 0 Å². The number of nitrogens with one attached hydrogen (secondary N) is 1. The van der Waals surface area contributed by atoms with Crippen molar-refractivity contribution in [3.05, 3.63) is 59.7 Å². The lowest BCUT2D eigenvalue weighted by Gasteiger charge is -2.18. The fourth-order valence-corrected chi connectivity index (χ4v) is 5.66. The SMILES string of the molecule is CCS(=O)(=O)N1CCc2cc(C(=O)COC(=O)C(C)NS(=O)(=O)c3ccccc3)ccc21. The van der Waals surface area contributed by atoms with Crippen molar-refractivity contribution in [1.29, 1.82) is 0 Å². The van der Waals surface area contributed by atoms with Gasteiger partial charge in [-0.15, -0.1) is 0 Å². The van der Waals surface area contributed by atoms with Gasteiger partial charge in [0.25, 0.3) is 0 Å². The van der Waals surface area contributed by atoms with Crippen molar-refractivity contribution in [2.24, 2.45) is 0 Å². The molecule has 0 saturated carbocycles. The third-order valence-electron chi connectivity index (χ3n) is 5.04. The predicted octanol–water partition coefficient (Wildman–Crippen LogP) is 1.49. The van der Waals surface area contributed by atoms with Gasteiger partial charge < -0.3 is 4.74 Å². The summed E-state index contributed by atoms with van der Waals surface area (Å²) in [5.74, 6) is -1.38. The van der Waals surface area contributed by atoms with Gasteiger partial charge >= 0.3 is 5.97 Å². The van der Waals surface area contributed by atoms with Gasteiger partial charge in [0.1, 0.15) is 6.04 Å². The minimum absolute atomic E-state index is 0.00741. The molecule has 0 saturated heterocycles. The van der Waals surface area contributed by atoms with E-state index in [1.807, 2.05) is 0 Å². The lowest BCUT2D eigenvalue weighted by molar-refractivity contribution is -0.144. The molecular formula is C21H24N2O7S2. The summed E-state index contributed by atoms with van der Waals surface area (Å²) in [6.45, 7) is 2.65. The molecule has 0 radical (unpaired) electrons. The third-order valence-corrected chi connectivity index (χ3v) is 8.38. The summed E-state index contributed by atoms with van der Waals surface area (Å²) in [6, 6.07) is 11.0. The molecule has 2 aromatic rings. The van der Waals surface area contributed by atoms with E-state index in [-0.39, 0.29) is 16.2 Å². The quantitative estimate of drug-likeness (QED) is 0.425. The van der Waals surface area contributed by atoms with Gasteiger partial charge in [0.05, 0.1) is 16.3 Å². The second kappa shape index (κ2) is 9.39. The summed E-state index contributed by atoms with van der Waals surface area (Å²) >= 11 is 0. The Balaban J connectivity index is 1.61. The Bertz CT molecular complexity index is 1230. The molecule has 32 heavy (non-hydrogen) atoms. The average Bonchev–Trinajstić information content (AvgIpc) is 3.21. The van der Waals surface area contributed by atoms with Crippen LogP contribution in [0.1, 0.15) is 29.8 Å². The first-order valence-corrected chi connectivity index (χ1v) is 13.0. The third kappa shape index (κ3) is 5.17. The number of rotatable bonds is 9. The van der Waals surface area contributed by atoms with E-state index in [1.54, 1.807) is 37.3 Å². The van der Waals surface area contributed by atoms with Gasteiger partial charge in [-0.25, -0.2) is 16.8 Å². The zero-order chi connectivity index (χ0) is 23.5. The van der Waals surface area contributed by atoms with Crippen molar-refractivity contribution in [2.75, 3.05) is 23.2 Å². The van der Waals surface area contributed by atoms with Crippen LogP contribution in [-0.4, -0.2) is 53.5 Å². The van der Waals surface area contributed by atoms with E-state index in [0.717, 1.165) is 5.56 Å². The Hall–Kier alpha value is -2.76. The smallest absolute Gasteiger partial charge is 0.324 e. The zero-order valence-corrected chi connectivity index (χ0v) is 19.3. The number of hydrogen-bond acceptors (Lipinski definition) is 7. The summed E-state index contributed by atoms with van der Waals surface area (Å²) in [6.07, 6.45) is 0.480. The van der Waals surface area contributed by atoms with Crippen LogP contribution >= 0.6 is 0 Å². The maximum absolute atomic E-state index is 12.5. The van der Waals surface area contributed by atoms with Crippen LogP contribution in [0.3, 0.4) is 0 Å². The molecule has 9 nitrogen and oxygen atoms in total. The number of ketones is 1. The summed E-state index contributed by atoms with van der Waals surface area (Å²) in [4.78, 5) is 24.7. The number of Topliss-reactive ketones (excluding diaryl/α,β-unsaturated/α-hetero) is 1. The van der Waals surface area contributed by atoms with E-state index in [9.17, 15) is 26.4 Å². The molecule has 0 amide bonds. The Labute approximate surface area is 187 Å². The monoisotopic (exact) mass is 480 g/mol. The average molecular weight is 481 g/mol. The van der Waals surface area contributed by atoms with Crippen LogP contribution in [0.4, 0.5) is 5.69 Å². The molecular weight excluding hydrogens is 456 g/mol. The molecule has 0 fully saturated rings. The molecule has 1 atom stereocenters. The van der Waals surface area contributed by atoms with Crippen LogP contribution in [0.5, 0.6) is 0 Å². The van der Waals surface area contributed by atoms with Gasteiger partial charge in [-0.05, 0) is 56.2 Å². The summed E-state index contributed by atoms with van der Waals surface area (Å²) in [5, 5.41) is 0. The van der Waals surface area contributed by atoms with Gasteiger partial charge in [0.2, 0.25) is 20.0 Å². The second-order valence-corrected chi connectivity index (χ2v) is 11.1. The molecule has 0 bridgehead atoms. The number of carbonyl (C=O) groups is 2. The van der Waals surface area contributed by atoms with Crippen molar-refractivity contribution in [2.45, 2.75) is 31.2 Å². The van der Waals surface area contributed by atoms with Crippen LogP contribution in [0, 0.1) is 0 Å². The highest BCUT2D eigenvalue weighted by atomic mass is 32.2. The van der Waals surface area contributed by atoms with Crippen molar-refractivity contribution in [3.8, 4) is 0 Å². The summed E-state index contributed by atoms with van der Waals surface area (Å²) in [5.41, 5.74) is 1.55. The van der Waals surface area contributed by atoms with Crippen LogP contribution in [0.2, 0.25) is 0 Å². The highest BCUT2D eigenvalue weighted by Gasteiger charge is 2.29. The summed E-state index contributed by atoms with van der Waals surface area (Å²) < 4.78 is 57.5. The maximum Gasteiger partial charge on any atom is 0.324 e. The number of ether oxygens (including phenoxy) is 1. The number of fused-ring (bicyclic) bond motifs is 1. The molecule has 172 valence electrons. The number of nitrogens with zero attached hydrogens (tertiary/aromatic N) is 1. The van der Waals surface area contributed by atoms with Crippen LogP contribution in [0.15, 0.2) is 53.4 Å². The summed E-state index contributed by atoms with van der Waals surface area (Å²) in [7, 11) is -7.30. The fourth-order valence-electron chi connectivity index (χ4n) is 3.28. The molecule has 2 aromatic carbocycles. The molecule has 0 aliphatic carbocycles. The van der Waals surface area contributed by atoms with Crippen molar-refractivity contribution in [1.82, 2.24) is 4.72 Å². The molecule has 1 aliphatic rings. The van der Waals surface area contributed by atoms with E-state index in [1.165, 1.54) is 29.4 Å². The molecule has 11 heteroatoms. The van der Waals surface area contributed by atoms with Gasteiger partial charge in [-0.1, -0.05) is 18.2 Å². The first-order valence-electron chi connectivity index (χ1n) is 9.95. The van der Waals surface area contributed by atoms with Crippen molar-refractivity contribution < 1.29 is 31.2 Å². The van der Waals surface area contributed by atoms with Gasteiger partial charge in [-0.2, -0.15) is 4.72 Å².